The minimum Gasteiger partial charge on any atom is -0.351 e. The lowest BCUT2D eigenvalue weighted by Gasteiger charge is -2.01. The number of hydrogen-bond donors (Lipinski definition) is 3. The van der Waals surface area contributed by atoms with Crippen molar-refractivity contribution in [2.45, 2.75) is 12.8 Å². The van der Waals surface area contributed by atoms with Crippen molar-refractivity contribution in [1.29, 1.82) is 0 Å². The van der Waals surface area contributed by atoms with Crippen LogP contribution in [0.1, 0.15) is 21.8 Å². The van der Waals surface area contributed by atoms with E-state index in [9.17, 15) is 9.59 Å². The summed E-state index contributed by atoms with van der Waals surface area (Å²) in [5, 5.41) is 8.42. The van der Waals surface area contributed by atoms with E-state index in [0.29, 0.717) is 23.1 Å². The second kappa shape index (κ2) is 5.63. The summed E-state index contributed by atoms with van der Waals surface area (Å²) in [5.74, 6) is -0.112. The number of thiazole rings is 1. The highest BCUT2D eigenvalue weighted by molar-refractivity contribution is 7.17. The fourth-order valence-electron chi connectivity index (χ4n) is 1.60. The van der Waals surface area contributed by atoms with E-state index < -0.39 is 0 Å². The summed E-state index contributed by atoms with van der Waals surface area (Å²) >= 11 is 1.20. The summed E-state index contributed by atoms with van der Waals surface area (Å²) in [4.78, 5) is 28.0. The Labute approximate surface area is 108 Å². The Balaban J connectivity index is 2.07. The number of urea groups is 1. The van der Waals surface area contributed by atoms with Crippen LogP contribution in [0.4, 0.5) is 9.93 Å². The van der Waals surface area contributed by atoms with E-state index in [4.69, 9.17) is 0 Å². The second-order valence-corrected chi connectivity index (χ2v) is 4.78. The van der Waals surface area contributed by atoms with Gasteiger partial charge in [0.2, 0.25) is 0 Å². The number of rotatable bonds is 3. The van der Waals surface area contributed by atoms with E-state index in [0.717, 1.165) is 18.5 Å². The molecule has 7 heteroatoms. The quantitative estimate of drug-likeness (QED) is 0.717. The molecule has 2 heterocycles. The van der Waals surface area contributed by atoms with Crippen LogP contribution in [-0.2, 0) is 6.42 Å². The first-order valence-corrected chi connectivity index (χ1v) is 6.46. The molecule has 1 aromatic heterocycles. The van der Waals surface area contributed by atoms with Crippen LogP contribution in [-0.4, -0.2) is 30.0 Å². The highest BCUT2D eigenvalue weighted by Gasteiger charge is 2.20. The lowest BCUT2D eigenvalue weighted by Crippen LogP contribution is -2.28. The van der Waals surface area contributed by atoms with Crippen molar-refractivity contribution >= 4 is 28.4 Å². The number of carbonyl (C=O) groups is 2. The molecule has 0 aliphatic carbocycles. The molecule has 3 amide bonds. The highest BCUT2D eigenvalue weighted by atomic mass is 32.1. The first kappa shape index (κ1) is 12.6. The van der Waals surface area contributed by atoms with E-state index in [1.807, 2.05) is 0 Å². The van der Waals surface area contributed by atoms with Gasteiger partial charge in [0.25, 0.3) is 5.91 Å². The van der Waals surface area contributed by atoms with Gasteiger partial charge in [0.15, 0.2) is 5.13 Å². The number of hydrogen-bond acceptors (Lipinski definition) is 4. The van der Waals surface area contributed by atoms with Gasteiger partial charge in [-0.2, -0.15) is 0 Å². The number of aryl methyl sites for hydroxylation is 1. The molecule has 0 radical (unpaired) electrons. The minimum absolute atomic E-state index is 0.112. The van der Waals surface area contributed by atoms with Gasteiger partial charge in [0.1, 0.15) is 4.88 Å². The number of nitrogens with one attached hydrogen (secondary N) is 3. The van der Waals surface area contributed by atoms with Crippen LogP contribution in [0.25, 0.3) is 0 Å². The van der Waals surface area contributed by atoms with Crippen LogP contribution in [0.15, 0.2) is 12.7 Å². The molecule has 0 saturated carbocycles. The van der Waals surface area contributed by atoms with Crippen molar-refractivity contribution in [1.82, 2.24) is 15.6 Å². The zero-order valence-electron chi connectivity index (χ0n) is 9.78. The molecule has 1 aliphatic rings. The van der Waals surface area contributed by atoms with E-state index in [2.05, 4.69) is 27.5 Å². The first-order valence-electron chi connectivity index (χ1n) is 5.64. The van der Waals surface area contributed by atoms with Gasteiger partial charge in [-0.05, 0) is 12.8 Å². The third-order valence-electron chi connectivity index (χ3n) is 2.41. The predicted molar refractivity (Wildman–Crippen MR) is 70.0 cm³/mol. The van der Waals surface area contributed by atoms with Crippen molar-refractivity contribution in [3.8, 4) is 0 Å². The molecule has 1 aromatic rings. The van der Waals surface area contributed by atoms with E-state index in [1.165, 1.54) is 11.3 Å². The maximum absolute atomic E-state index is 11.7. The molecule has 6 nitrogen and oxygen atoms in total. The fourth-order valence-corrected chi connectivity index (χ4v) is 2.52. The fraction of sp³-hybridized carbons (Fsp3) is 0.364. The lowest BCUT2D eigenvalue weighted by atomic mass is 10.2. The Morgan fingerprint density at radius 1 is 1.61 bits per heavy atom. The van der Waals surface area contributed by atoms with Gasteiger partial charge in [0, 0.05) is 13.1 Å². The minimum atomic E-state index is -0.348. The molecule has 1 aliphatic heterocycles. The smallest absolute Gasteiger partial charge is 0.321 e. The average molecular weight is 266 g/mol. The maximum Gasteiger partial charge on any atom is 0.321 e. The second-order valence-electron chi connectivity index (χ2n) is 3.78. The molecule has 0 unspecified atom stereocenters. The largest absolute Gasteiger partial charge is 0.351 e. The number of anilines is 1. The number of fused-ring (bicyclic) bond motifs is 1. The average Bonchev–Trinajstić information content (AvgIpc) is 2.67. The number of amides is 3. The van der Waals surface area contributed by atoms with Gasteiger partial charge in [-0.1, -0.05) is 17.4 Å². The van der Waals surface area contributed by atoms with Gasteiger partial charge in [-0.25, -0.2) is 9.78 Å². The van der Waals surface area contributed by atoms with Gasteiger partial charge in [-0.15, -0.1) is 6.58 Å². The Morgan fingerprint density at radius 2 is 2.44 bits per heavy atom. The molecule has 0 aromatic carbocycles. The maximum atomic E-state index is 11.7. The molecular weight excluding hydrogens is 252 g/mol. The first-order chi connectivity index (χ1) is 8.70. The van der Waals surface area contributed by atoms with Crippen LogP contribution in [0.5, 0.6) is 0 Å². The van der Waals surface area contributed by atoms with Gasteiger partial charge >= 0.3 is 6.03 Å². The van der Waals surface area contributed by atoms with Gasteiger partial charge < -0.3 is 10.6 Å². The van der Waals surface area contributed by atoms with Crippen molar-refractivity contribution in [3.05, 3.63) is 23.2 Å². The third-order valence-corrected chi connectivity index (χ3v) is 3.42. The molecule has 96 valence electrons. The summed E-state index contributed by atoms with van der Waals surface area (Å²) in [6.07, 6.45) is 3.20. The summed E-state index contributed by atoms with van der Waals surface area (Å²) in [7, 11) is 0. The topological polar surface area (TPSA) is 83.1 Å². The van der Waals surface area contributed by atoms with Crippen LogP contribution >= 0.6 is 11.3 Å². The van der Waals surface area contributed by atoms with E-state index in [1.54, 1.807) is 6.08 Å². The monoisotopic (exact) mass is 266 g/mol. The molecule has 3 N–H and O–H groups in total. The Bertz CT molecular complexity index is 483. The van der Waals surface area contributed by atoms with Crippen molar-refractivity contribution in [3.63, 3.8) is 0 Å². The normalized spacial score (nSPS) is 14.1. The summed E-state index contributed by atoms with van der Waals surface area (Å²) in [5.41, 5.74) is 0.758. The van der Waals surface area contributed by atoms with Crippen LogP contribution in [0, 0.1) is 0 Å². The Hall–Kier alpha value is -1.89. The van der Waals surface area contributed by atoms with Crippen LogP contribution < -0.4 is 16.0 Å². The molecule has 0 spiro atoms. The highest BCUT2D eigenvalue weighted by Crippen LogP contribution is 2.25. The molecule has 2 rings (SSSR count). The van der Waals surface area contributed by atoms with E-state index in [-0.39, 0.29) is 11.9 Å². The molecule has 0 atom stereocenters. The zero-order chi connectivity index (χ0) is 13.0. The number of aromatic nitrogens is 1. The van der Waals surface area contributed by atoms with Crippen molar-refractivity contribution in [2.24, 2.45) is 0 Å². The number of carbonyl (C=O) groups excluding carboxylic acids is 2. The third kappa shape index (κ3) is 2.86. The van der Waals surface area contributed by atoms with Crippen LogP contribution in [0.3, 0.4) is 0 Å². The Kier molecular flexibility index (Phi) is 3.93. The van der Waals surface area contributed by atoms with Gasteiger partial charge in [-0.3, -0.25) is 10.1 Å². The van der Waals surface area contributed by atoms with Crippen LogP contribution in [0.2, 0.25) is 0 Å². The number of nitrogens with zero attached hydrogens (tertiary/aromatic N) is 1. The van der Waals surface area contributed by atoms with Crippen molar-refractivity contribution < 1.29 is 9.59 Å². The molecule has 0 saturated heterocycles. The zero-order valence-corrected chi connectivity index (χ0v) is 10.6. The summed E-state index contributed by atoms with van der Waals surface area (Å²) in [6, 6.07) is -0.348. The SMILES string of the molecule is C=CCNC(=O)Nc1nc2c(s1)C(=O)NCCC2. The molecule has 0 bridgehead atoms. The Morgan fingerprint density at radius 3 is 3.22 bits per heavy atom. The predicted octanol–water partition coefficient (Wildman–Crippen LogP) is 1.13. The molecule has 18 heavy (non-hydrogen) atoms. The summed E-state index contributed by atoms with van der Waals surface area (Å²) in [6.45, 7) is 4.56. The van der Waals surface area contributed by atoms with E-state index >= 15 is 0 Å². The molecular formula is C11H14N4O2S. The summed E-state index contributed by atoms with van der Waals surface area (Å²) < 4.78 is 0. The standard InChI is InChI=1S/C11H14N4O2S/c1-2-5-13-10(17)15-11-14-7-4-3-6-12-9(16)8(7)18-11/h2H,1,3-6H2,(H,12,16)(H2,13,14,15,17). The van der Waals surface area contributed by atoms with Gasteiger partial charge in [0.05, 0.1) is 5.69 Å². The molecule has 0 fully saturated rings. The lowest BCUT2D eigenvalue weighted by molar-refractivity contribution is 0.0960. The van der Waals surface area contributed by atoms with Crippen molar-refractivity contribution in [2.75, 3.05) is 18.4 Å².